The Kier molecular flexibility index (Phi) is 4.77. The maximum absolute atomic E-state index is 12.5. The normalized spacial score (nSPS) is 15.6. The number of hydrogen-bond acceptors (Lipinski definition) is 3. The molecule has 0 bridgehead atoms. The molecule has 0 aromatic heterocycles. The van der Waals surface area contributed by atoms with Crippen molar-refractivity contribution < 1.29 is 9.09 Å². The molecule has 2 N–H and O–H groups in total. The lowest BCUT2D eigenvalue weighted by molar-refractivity contribution is 0.345. The molecule has 0 heterocycles. The maximum Gasteiger partial charge on any atom is 0.229 e. The minimum absolute atomic E-state index is 0.224. The molecule has 0 aliphatic rings. The summed E-state index contributed by atoms with van der Waals surface area (Å²) >= 11 is 0. The predicted molar refractivity (Wildman–Crippen MR) is 83.7 cm³/mol. The number of benzene rings is 2. The summed E-state index contributed by atoms with van der Waals surface area (Å²) in [4.78, 5) is 0. The summed E-state index contributed by atoms with van der Waals surface area (Å²) in [6, 6.07) is 17.2. The van der Waals surface area contributed by atoms with Gasteiger partial charge in [0.15, 0.2) is 0 Å². The van der Waals surface area contributed by atoms with Crippen LogP contribution in [0, 0.1) is 0 Å². The minimum Gasteiger partial charge on any atom is -0.326 e. The van der Waals surface area contributed by atoms with E-state index in [0.717, 1.165) is 11.1 Å². The molecule has 4 heteroatoms. The average Bonchev–Trinajstić information content (AvgIpc) is 2.47. The van der Waals surface area contributed by atoms with Crippen LogP contribution in [-0.4, -0.2) is 13.3 Å². The summed E-state index contributed by atoms with van der Waals surface area (Å²) < 4.78 is 17.8. The van der Waals surface area contributed by atoms with Crippen molar-refractivity contribution in [3.8, 4) is 0 Å². The van der Waals surface area contributed by atoms with Crippen molar-refractivity contribution in [3.05, 3.63) is 65.7 Å². The van der Waals surface area contributed by atoms with Crippen LogP contribution < -0.4 is 11.0 Å². The second-order valence-corrected chi connectivity index (χ2v) is 7.21. The van der Waals surface area contributed by atoms with E-state index in [-0.39, 0.29) is 6.04 Å². The zero-order valence-corrected chi connectivity index (χ0v) is 12.7. The van der Waals surface area contributed by atoms with Gasteiger partial charge in [0.05, 0.1) is 12.6 Å². The van der Waals surface area contributed by atoms with E-state index in [1.54, 1.807) is 6.66 Å². The van der Waals surface area contributed by atoms with Gasteiger partial charge in [0.2, 0.25) is 7.37 Å². The summed E-state index contributed by atoms with van der Waals surface area (Å²) in [6.45, 7) is 3.92. The van der Waals surface area contributed by atoms with Gasteiger partial charge in [0.1, 0.15) is 0 Å². The van der Waals surface area contributed by atoms with Crippen LogP contribution in [0.5, 0.6) is 0 Å². The molecule has 0 aliphatic heterocycles. The third-order valence-electron chi connectivity index (χ3n) is 3.23. The zero-order valence-electron chi connectivity index (χ0n) is 11.8. The fraction of sp³-hybridized carbons (Fsp3) is 0.250. The molecule has 2 rings (SSSR count). The average molecular weight is 289 g/mol. The molecule has 2 aromatic rings. The smallest absolute Gasteiger partial charge is 0.229 e. The fourth-order valence-corrected chi connectivity index (χ4v) is 3.53. The molecule has 2 aromatic carbocycles. The molecule has 2 atom stereocenters. The highest BCUT2D eigenvalue weighted by Crippen LogP contribution is 2.41. The molecule has 3 nitrogen and oxygen atoms in total. The van der Waals surface area contributed by atoms with Gasteiger partial charge >= 0.3 is 0 Å². The van der Waals surface area contributed by atoms with E-state index in [1.807, 2.05) is 61.5 Å². The maximum atomic E-state index is 12.5. The lowest BCUT2D eigenvalue weighted by Gasteiger charge is -2.17. The van der Waals surface area contributed by atoms with Crippen molar-refractivity contribution >= 4 is 12.7 Å². The van der Waals surface area contributed by atoms with Crippen molar-refractivity contribution in [2.45, 2.75) is 13.0 Å². The van der Waals surface area contributed by atoms with Crippen LogP contribution in [0.15, 0.2) is 54.6 Å². The van der Waals surface area contributed by atoms with Gasteiger partial charge in [0.25, 0.3) is 0 Å². The van der Waals surface area contributed by atoms with Crippen molar-refractivity contribution in [2.24, 2.45) is 5.73 Å². The zero-order chi connectivity index (χ0) is 14.6. The van der Waals surface area contributed by atoms with Crippen LogP contribution in [0.1, 0.15) is 24.1 Å². The molecule has 0 amide bonds. The van der Waals surface area contributed by atoms with E-state index >= 15 is 0 Å². The van der Waals surface area contributed by atoms with Gasteiger partial charge in [-0.05, 0) is 30.2 Å². The molecule has 106 valence electrons. The second-order valence-electron chi connectivity index (χ2n) is 4.75. The molecule has 0 radical (unpaired) electrons. The van der Waals surface area contributed by atoms with Crippen molar-refractivity contribution in [1.82, 2.24) is 0 Å². The third kappa shape index (κ3) is 3.37. The Labute approximate surface area is 120 Å². The van der Waals surface area contributed by atoms with Gasteiger partial charge in [-0.3, -0.25) is 4.57 Å². The number of hydrogen-bond donors (Lipinski definition) is 1. The van der Waals surface area contributed by atoms with Crippen molar-refractivity contribution in [3.63, 3.8) is 0 Å². The topological polar surface area (TPSA) is 52.3 Å². The first kappa shape index (κ1) is 15.0. The molecule has 0 saturated carbocycles. The first-order valence-corrected chi connectivity index (χ1v) is 8.75. The van der Waals surface area contributed by atoms with Gasteiger partial charge in [-0.1, -0.05) is 42.5 Å². The van der Waals surface area contributed by atoms with Crippen LogP contribution in [0.3, 0.4) is 0 Å². The lowest BCUT2D eigenvalue weighted by atomic mass is 10.00. The first-order valence-electron chi connectivity index (χ1n) is 6.67. The molecular weight excluding hydrogens is 269 g/mol. The minimum atomic E-state index is -2.76. The molecule has 2 unspecified atom stereocenters. The molecule has 0 saturated heterocycles. The Morgan fingerprint density at radius 2 is 1.75 bits per heavy atom. The molecule has 20 heavy (non-hydrogen) atoms. The van der Waals surface area contributed by atoms with E-state index in [1.165, 1.54) is 0 Å². The Bertz CT molecular complexity index is 613. The number of nitrogens with two attached hydrogens (primary N) is 1. The summed E-state index contributed by atoms with van der Waals surface area (Å²) in [5.41, 5.74) is 8.25. The molecule has 0 fully saturated rings. The summed E-state index contributed by atoms with van der Waals surface area (Å²) in [5.74, 6) is 0. The third-order valence-corrected chi connectivity index (χ3v) is 5.20. The highest BCUT2D eigenvalue weighted by Gasteiger charge is 2.20. The Morgan fingerprint density at radius 3 is 2.40 bits per heavy atom. The van der Waals surface area contributed by atoms with Crippen molar-refractivity contribution in [1.29, 1.82) is 0 Å². The van der Waals surface area contributed by atoms with Crippen LogP contribution >= 0.6 is 7.37 Å². The highest BCUT2D eigenvalue weighted by molar-refractivity contribution is 7.66. The SMILES string of the molecule is CCOP(C)(=O)c1cccc(C(N)c2ccccc2)c1. The van der Waals surface area contributed by atoms with Gasteiger partial charge in [-0.15, -0.1) is 0 Å². The van der Waals surface area contributed by atoms with E-state index < -0.39 is 7.37 Å². The van der Waals surface area contributed by atoms with Gasteiger partial charge in [-0.2, -0.15) is 0 Å². The molecule has 0 aliphatic carbocycles. The lowest BCUT2D eigenvalue weighted by Crippen LogP contribution is -2.15. The standard InChI is InChI=1S/C16H20NO2P/c1-3-19-20(2,18)15-11-7-10-14(12-15)16(17)13-8-5-4-6-9-13/h4-12,16H,3,17H2,1-2H3. The Morgan fingerprint density at radius 1 is 1.10 bits per heavy atom. The number of rotatable bonds is 5. The molecular formula is C16H20NO2P. The van der Waals surface area contributed by atoms with Crippen LogP contribution in [0.4, 0.5) is 0 Å². The highest BCUT2D eigenvalue weighted by atomic mass is 31.2. The quantitative estimate of drug-likeness (QED) is 0.859. The van der Waals surface area contributed by atoms with E-state index in [4.69, 9.17) is 10.3 Å². The predicted octanol–water partition coefficient (Wildman–Crippen LogP) is 3.30. The summed E-state index contributed by atoms with van der Waals surface area (Å²) in [5, 5.41) is 0.711. The van der Waals surface area contributed by atoms with Crippen LogP contribution in [0.25, 0.3) is 0 Å². The monoisotopic (exact) mass is 289 g/mol. The van der Waals surface area contributed by atoms with Gasteiger partial charge < -0.3 is 10.3 Å². The Balaban J connectivity index is 2.33. The summed E-state index contributed by atoms with van der Waals surface area (Å²) in [7, 11) is -2.76. The van der Waals surface area contributed by atoms with Crippen molar-refractivity contribution in [2.75, 3.05) is 13.3 Å². The van der Waals surface area contributed by atoms with Crippen LogP contribution in [0.2, 0.25) is 0 Å². The summed E-state index contributed by atoms with van der Waals surface area (Å²) in [6.07, 6.45) is 0. The fourth-order valence-electron chi connectivity index (χ4n) is 2.14. The molecule has 0 spiro atoms. The van der Waals surface area contributed by atoms with E-state index in [9.17, 15) is 4.57 Å². The van der Waals surface area contributed by atoms with Crippen LogP contribution in [-0.2, 0) is 9.09 Å². The van der Waals surface area contributed by atoms with E-state index in [0.29, 0.717) is 11.9 Å². The largest absolute Gasteiger partial charge is 0.326 e. The van der Waals surface area contributed by atoms with E-state index in [2.05, 4.69) is 0 Å². The second kappa shape index (κ2) is 6.36. The Hall–Kier alpha value is -1.41. The first-order chi connectivity index (χ1) is 9.54. The van der Waals surface area contributed by atoms with Gasteiger partial charge in [0, 0.05) is 12.0 Å². The van der Waals surface area contributed by atoms with Gasteiger partial charge in [-0.25, -0.2) is 0 Å².